The molecular formula is C17H21N3O3. The molecular weight excluding hydrogens is 294 g/mol. The topological polar surface area (TPSA) is 78.7 Å². The minimum Gasteiger partial charge on any atom is -0.487 e. The van der Waals surface area contributed by atoms with Gasteiger partial charge in [0.05, 0.1) is 18.4 Å². The minimum atomic E-state index is -0.805. The van der Waals surface area contributed by atoms with Crippen molar-refractivity contribution in [2.75, 3.05) is 25.1 Å². The van der Waals surface area contributed by atoms with E-state index < -0.39 is 6.10 Å². The van der Waals surface area contributed by atoms with Gasteiger partial charge >= 0.3 is 0 Å². The van der Waals surface area contributed by atoms with Gasteiger partial charge in [-0.25, -0.2) is 9.97 Å². The van der Waals surface area contributed by atoms with Crippen molar-refractivity contribution in [3.63, 3.8) is 0 Å². The van der Waals surface area contributed by atoms with Crippen molar-refractivity contribution < 1.29 is 14.9 Å². The molecule has 2 N–H and O–H groups in total. The molecule has 0 amide bonds. The molecule has 1 aliphatic rings. The molecule has 6 nitrogen and oxygen atoms in total. The van der Waals surface area contributed by atoms with Gasteiger partial charge in [0.1, 0.15) is 24.0 Å². The van der Waals surface area contributed by atoms with Gasteiger partial charge in [0.25, 0.3) is 0 Å². The first kappa shape index (κ1) is 15.7. The molecule has 0 bridgehead atoms. The van der Waals surface area contributed by atoms with Gasteiger partial charge in [-0.15, -0.1) is 0 Å². The number of aliphatic hydroxyl groups is 2. The third kappa shape index (κ3) is 3.28. The fourth-order valence-corrected chi connectivity index (χ4v) is 2.84. The SMILES string of the molecule is Cc1nc2c(c(N(C)C[C@@H](O)CO)n1)Cc1ccccc1OC2. The molecule has 1 aromatic carbocycles. The van der Waals surface area contributed by atoms with Crippen LogP contribution in [0.4, 0.5) is 5.82 Å². The van der Waals surface area contributed by atoms with E-state index in [2.05, 4.69) is 9.97 Å². The molecule has 0 radical (unpaired) electrons. The number of nitrogens with zero attached hydrogens (tertiary/aromatic N) is 3. The maximum atomic E-state index is 9.72. The predicted molar refractivity (Wildman–Crippen MR) is 86.7 cm³/mol. The Morgan fingerprint density at radius 1 is 1.30 bits per heavy atom. The van der Waals surface area contributed by atoms with Gasteiger partial charge in [0, 0.05) is 25.6 Å². The van der Waals surface area contributed by atoms with Crippen LogP contribution < -0.4 is 9.64 Å². The molecule has 2 heterocycles. The van der Waals surface area contributed by atoms with Crippen molar-refractivity contribution in [1.29, 1.82) is 0 Å². The van der Waals surface area contributed by atoms with Crippen LogP contribution in [0.15, 0.2) is 24.3 Å². The molecule has 2 aromatic rings. The molecule has 0 unspecified atom stereocenters. The van der Waals surface area contributed by atoms with Crippen molar-refractivity contribution in [3.8, 4) is 5.75 Å². The highest BCUT2D eigenvalue weighted by molar-refractivity contribution is 5.53. The molecule has 1 aliphatic heterocycles. The second-order valence-electron chi connectivity index (χ2n) is 5.81. The summed E-state index contributed by atoms with van der Waals surface area (Å²) >= 11 is 0. The number of para-hydroxylation sites is 1. The number of benzene rings is 1. The fourth-order valence-electron chi connectivity index (χ4n) is 2.84. The summed E-state index contributed by atoms with van der Waals surface area (Å²) in [5.41, 5.74) is 2.97. The Hall–Kier alpha value is -2.18. The fraction of sp³-hybridized carbons (Fsp3) is 0.412. The van der Waals surface area contributed by atoms with E-state index in [-0.39, 0.29) is 6.61 Å². The lowest BCUT2D eigenvalue weighted by Crippen LogP contribution is -2.33. The Bertz CT molecular complexity index is 705. The average Bonchev–Trinajstić information content (AvgIpc) is 2.73. The van der Waals surface area contributed by atoms with Gasteiger partial charge in [-0.3, -0.25) is 0 Å². The maximum Gasteiger partial charge on any atom is 0.136 e. The van der Waals surface area contributed by atoms with Gasteiger partial charge in [0.2, 0.25) is 0 Å². The number of anilines is 1. The first-order valence-electron chi connectivity index (χ1n) is 7.65. The summed E-state index contributed by atoms with van der Waals surface area (Å²) in [6.07, 6.45) is -0.124. The van der Waals surface area contributed by atoms with Crippen LogP contribution in [0.25, 0.3) is 0 Å². The van der Waals surface area contributed by atoms with Gasteiger partial charge < -0.3 is 19.8 Å². The molecule has 0 fully saturated rings. The third-order valence-corrected chi connectivity index (χ3v) is 3.94. The van der Waals surface area contributed by atoms with Crippen molar-refractivity contribution >= 4 is 5.82 Å². The standard InChI is InChI=1S/C17H21N3O3/c1-11-18-15-10-23-16-6-4-3-5-12(16)7-14(15)17(19-11)20(2)8-13(22)9-21/h3-6,13,21-22H,7-10H2,1-2H3/t13-/m1/s1. The van der Waals surface area contributed by atoms with Crippen LogP contribution in [0.1, 0.15) is 22.6 Å². The summed E-state index contributed by atoms with van der Waals surface area (Å²) in [7, 11) is 1.86. The molecule has 23 heavy (non-hydrogen) atoms. The predicted octanol–water partition coefficient (Wildman–Crippen LogP) is 1.06. The van der Waals surface area contributed by atoms with Crippen LogP contribution in [-0.4, -0.2) is 46.5 Å². The number of fused-ring (bicyclic) bond motifs is 2. The average molecular weight is 315 g/mol. The molecule has 0 spiro atoms. The van der Waals surface area contributed by atoms with E-state index in [4.69, 9.17) is 9.84 Å². The van der Waals surface area contributed by atoms with Crippen molar-refractivity contribution in [1.82, 2.24) is 9.97 Å². The Morgan fingerprint density at radius 3 is 2.87 bits per heavy atom. The summed E-state index contributed by atoms with van der Waals surface area (Å²) in [5, 5.41) is 18.8. The highest BCUT2D eigenvalue weighted by Gasteiger charge is 2.22. The second-order valence-corrected chi connectivity index (χ2v) is 5.81. The molecule has 0 aliphatic carbocycles. The van der Waals surface area contributed by atoms with Crippen molar-refractivity contribution in [2.24, 2.45) is 0 Å². The van der Waals surface area contributed by atoms with Crippen LogP contribution in [0.3, 0.4) is 0 Å². The van der Waals surface area contributed by atoms with Gasteiger partial charge in [-0.1, -0.05) is 18.2 Å². The van der Waals surface area contributed by atoms with E-state index >= 15 is 0 Å². The summed E-state index contributed by atoms with van der Waals surface area (Å²) in [5.74, 6) is 2.31. The van der Waals surface area contributed by atoms with Crippen molar-refractivity contribution in [3.05, 3.63) is 46.9 Å². The van der Waals surface area contributed by atoms with Gasteiger partial charge in [-0.05, 0) is 18.6 Å². The summed E-state index contributed by atoms with van der Waals surface area (Å²) in [6.45, 7) is 2.28. The number of aromatic nitrogens is 2. The largest absolute Gasteiger partial charge is 0.487 e. The quantitative estimate of drug-likeness (QED) is 0.878. The first-order valence-corrected chi connectivity index (χ1v) is 7.65. The Morgan fingerprint density at radius 2 is 2.09 bits per heavy atom. The second kappa shape index (κ2) is 6.52. The zero-order valence-corrected chi connectivity index (χ0v) is 13.4. The van der Waals surface area contributed by atoms with E-state index in [0.29, 0.717) is 25.4 Å². The molecule has 3 rings (SSSR count). The zero-order chi connectivity index (χ0) is 16.4. The minimum absolute atomic E-state index is 0.275. The van der Waals surface area contributed by atoms with Crippen LogP contribution in [-0.2, 0) is 13.0 Å². The van der Waals surface area contributed by atoms with E-state index in [1.165, 1.54) is 0 Å². The van der Waals surface area contributed by atoms with Gasteiger partial charge in [-0.2, -0.15) is 0 Å². The molecule has 6 heteroatoms. The van der Waals surface area contributed by atoms with Crippen LogP contribution >= 0.6 is 0 Å². The number of ether oxygens (including phenoxy) is 1. The van der Waals surface area contributed by atoms with Gasteiger partial charge in [0.15, 0.2) is 0 Å². The highest BCUT2D eigenvalue weighted by atomic mass is 16.5. The van der Waals surface area contributed by atoms with Crippen LogP contribution in [0.2, 0.25) is 0 Å². The lowest BCUT2D eigenvalue weighted by Gasteiger charge is -2.24. The molecule has 1 aromatic heterocycles. The van der Waals surface area contributed by atoms with Crippen molar-refractivity contribution in [2.45, 2.75) is 26.1 Å². The monoisotopic (exact) mass is 315 g/mol. The van der Waals surface area contributed by atoms with E-state index in [9.17, 15) is 5.11 Å². The Labute approximate surface area is 135 Å². The van der Waals surface area contributed by atoms with E-state index in [1.54, 1.807) is 0 Å². The molecule has 0 saturated carbocycles. The zero-order valence-electron chi connectivity index (χ0n) is 13.4. The first-order chi connectivity index (χ1) is 11.1. The molecule has 122 valence electrons. The normalized spacial score (nSPS) is 14.3. The summed E-state index contributed by atoms with van der Waals surface area (Å²) in [4.78, 5) is 10.9. The molecule has 1 atom stereocenters. The number of hydrogen-bond acceptors (Lipinski definition) is 6. The Kier molecular flexibility index (Phi) is 4.45. The van der Waals surface area contributed by atoms with E-state index in [0.717, 1.165) is 28.4 Å². The number of aryl methyl sites for hydroxylation is 1. The maximum absolute atomic E-state index is 9.72. The summed E-state index contributed by atoms with van der Waals surface area (Å²) in [6, 6.07) is 7.94. The number of aliphatic hydroxyl groups excluding tert-OH is 2. The van der Waals surface area contributed by atoms with Crippen LogP contribution in [0.5, 0.6) is 5.75 Å². The number of hydrogen-bond donors (Lipinski definition) is 2. The highest BCUT2D eigenvalue weighted by Crippen LogP contribution is 2.31. The lowest BCUT2D eigenvalue weighted by atomic mass is 10.0. The summed E-state index contributed by atoms with van der Waals surface area (Å²) < 4.78 is 5.87. The van der Waals surface area contributed by atoms with E-state index in [1.807, 2.05) is 43.1 Å². The lowest BCUT2D eigenvalue weighted by molar-refractivity contribution is 0.101. The smallest absolute Gasteiger partial charge is 0.136 e. The van der Waals surface area contributed by atoms with Crippen LogP contribution in [0, 0.1) is 6.92 Å². The Balaban J connectivity index is 2.01. The number of likely N-dealkylation sites (N-methyl/N-ethyl adjacent to an activating group) is 1. The molecule has 0 saturated heterocycles. The number of rotatable bonds is 4. The third-order valence-electron chi connectivity index (χ3n) is 3.94.